The van der Waals surface area contributed by atoms with Crippen LogP contribution in [0.15, 0.2) is 41.3 Å². The van der Waals surface area contributed by atoms with Crippen LogP contribution < -0.4 is 5.32 Å². The zero-order valence-electron chi connectivity index (χ0n) is 14.1. The number of rotatable bonds is 5. The largest absolute Gasteiger partial charge is 0.481 e. The summed E-state index contributed by atoms with van der Waals surface area (Å²) in [4.78, 5) is 10.8. The molecular weight excluding hydrogens is 407 g/mol. The third-order valence-electron chi connectivity index (χ3n) is 3.85. The Morgan fingerprint density at radius 2 is 1.78 bits per heavy atom. The Balaban J connectivity index is 2.61. The molecule has 2 N–H and O–H groups in total. The standard InChI is InChI=1S/C17H15ClF3NO4S/c1-9(16(23)24)12-5-3-10(18)7-15(12)22-14-6-4-11(27(2,25)26)8-13(14)17(19,20)21/h3-9,22H,1-2H3,(H,23,24). The molecule has 0 aliphatic heterocycles. The second-order valence-corrected chi connectivity index (χ2v) is 8.35. The van der Waals surface area contributed by atoms with Gasteiger partial charge < -0.3 is 10.4 Å². The van der Waals surface area contributed by atoms with E-state index in [9.17, 15) is 31.5 Å². The van der Waals surface area contributed by atoms with E-state index in [0.717, 1.165) is 18.4 Å². The van der Waals surface area contributed by atoms with Crippen LogP contribution in [-0.2, 0) is 20.8 Å². The van der Waals surface area contributed by atoms with Crippen molar-refractivity contribution in [2.45, 2.75) is 23.9 Å². The molecule has 0 bridgehead atoms. The second-order valence-electron chi connectivity index (χ2n) is 5.89. The van der Waals surface area contributed by atoms with Crippen molar-refractivity contribution in [2.75, 3.05) is 11.6 Å². The van der Waals surface area contributed by atoms with Crippen molar-refractivity contribution in [1.82, 2.24) is 0 Å². The van der Waals surface area contributed by atoms with Gasteiger partial charge in [-0.2, -0.15) is 13.2 Å². The van der Waals surface area contributed by atoms with Gasteiger partial charge in [0.2, 0.25) is 0 Å². The fourth-order valence-electron chi connectivity index (χ4n) is 2.39. The molecule has 0 aliphatic rings. The number of hydrogen-bond acceptors (Lipinski definition) is 4. The first-order chi connectivity index (χ1) is 12.3. The number of carboxylic acids is 1. The van der Waals surface area contributed by atoms with Gasteiger partial charge in [-0.15, -0.1) is 0 Å². The highest BCUT2D eigenvalue weighted by Gasteiger charge is 2.35. The summed E-state index contributed by atoms with van der Waals surface area (Å²) in [5.41, 5.74) is -1.31. The molecule has 0 aliphatic carbocycles. The van der Waals surface area contributed by atoms with Gasteiger partial charge in [-0.05, 0) is 42.8 Å². The molecule has 0 radical (unpaired) electrons. The third-order valence-corrected chi connectivity index (χ3v) is 5.19. The van der Waals surface area contributed by atoms with E-state index in [2.05, 4.69) is 5.32 Å². The quantitative estimate of drug-likeness (QED) is 0.731. The van der Waals surface area contributed by atoms with Gasteiger partial charge in [-0.3, -0.25) is 4.79 Å². The van der Waals surface area contributed by atoms with E-state index in [-0.39, 0.29) is 16.3 Å². The van der Waals surface area contributed by atoms with E-state index < -0.39 is 44.0 Å². The summed E-state index contributed by atoms with van der Waals surface area (Å²) in [6.07, 6.45) is -4.03. The van der Waals surface area contributed by atoms with E-state index in [1.165, 1.54) is 25.1 Å². The predicted octanol–water partition coefficient (Wildman–Crippen LogP) is 4.69. The first kappa shape index (κ1) is 21.0. The van der Waals surface area contributed by atoms with Crippen molar-refractivity contribution >= 4 is 38.8 Å². The molecule has 27 heavy (non-hydrogen) atoms. The Kier molecular flexibility index (Phi) is 5.77. The lowest BCUT2D eigenvalue weighted by molar-refractivity contribution is -0.138. The maximum absolute atomic E-state index is 13.4. The summed E-state index contributed by atoms with van der Waals surface area (Å²) in [6, 6.07) is 6.69. The van der Waals surface area contributed by atoms with Gasteiger partial charge in [-0.1, -0.05) is 17.7 Å². The van der Waals surface area contributed by atoms with E-state index in [1.807, 2.05) is 0 Å². The van der Waals surface area contributed by atoms with Crippen LogP contribution in [0.25, 0.3) is 0 Å². The average molecular weight is 422 g/mol. The summed E-state index contributed by atoms with van der Waals surface area (Å²) < 4.78 is 63.4. The maximum atomic E-state index is 13.4. The monoisotopic (exact) mass is 421 g/mol. The highest BCUT2D eigenvalue weighted by atomic mass is 35.5. The van der Waals surface area contributed by atoms with Gasteiger partial charge >= 0.3 is 12.1 Å². The molecular formula is C17H15ClF3NO4S. The van der Waals surface area contributed by atoms with Gasteiger partial charge in [0.15, 0.2) is 9.84 Å². The lowest BCUT2D eigenvalue weighted by atomic mass is 9.99. The van der Waals surface area contributed by atoms with Gasteiger partial charge in [0.25, 0.3) is 0 Å². The van der Waals surface area contributed by atoms with E-state index in [0.29, 0.717) is 6.07 Å². The molecule has 0 spiro atoms. The molecule has 5 nitrogen and oxygen atoms in total. The summed E-state index contributed by atoms with van der Waals surface area (Å²) in [5, 5.41) is 11.9. The second kappa shape index (κ2) is 7.40. The molecule has 0 saturated heterocycles. The lowest BCUT2D eigenvalue weighted by Gasteiger charge is -2.19. The summed E-state index contributed by atoms with van der Waals surface area (Å²) in [7, 11) is -3.84. The topological polar surface area (TPSA) is 83.5 Å². The maximum Gasteiger partial charge on any atom is 0.418 e. The number of hydrogen-bond donors (Lipinski definition) is 2. The number of benzene rings is 2. The average Bonchev–Trinajstić information content (AvgIpc) is 2.52. The SMILES string of the molecule is CC(C(=O)O)c1ccc(Cl)cc1Nc1ccc(S(C)(=O)=O)cc1C(F)(F)F. The first-order valence-electron chi connectivity index (χ1n) is 7.51. The van der Waals surface area contributed by atoms with Crippen LogP contribution in [0.1, 0.15) is 24.0 Å². The number of carbonyl (C=O) groups is 1. The van der Waals surface area contributed by atoms with E-state index in [1.54, 1.807) is 0 Å². The Hall–Kier alpha value is -2.26. The molecule has 1 atom stereocenters. The van der Waals surface area contributed by atoms with Crippen LogP contribution in [0.3, 0.4) is 0 Å². The minimum Gasteiger partial charge on any atom is -0.481 e. The minimum absolute atomic E-state index is 0.0787. The van der Waals surface area contributed by atoms with Gasteiger partial charge in [0.05, 0.1) is 22.1 Å². The number of alkyl halides is 3. The molecule has 2 aromatic carbocycles. The molecule has 10 heteroatoms. The normalized spacial score (nSPS) is 13.3. The van der Waals surface area contributed by atoms with Gasteiger partial charge in [0.1, 0.15) is 0 Å². The summed E-state index contributed by atoms with van der Waals surface area (Å²) in [6.45, 7) is 1.38. The number of sulfone groups is 1. The molecule has 2 aromatic rings. The van der Waals surface area contributed by atoms with Crippen molar-refractivity contribution < 1.29 is 31.5 Å². The molecule has 1 unspecified atom stereocenters. The van der Waals surface area contributed by atoms with Crippen LogP contribution in [0.4, 0.5) is 24.5 Å². The molecule has 0 aromatic heterocycles. The molecule has 0 heterocycles. The highest BCUT2D eigenvalue weighted by molar-refractivity contribution is 7.90. The zero-order valence-corrected chi connectivity index (χ0v) is 15.7. The molecule has 2 rings (SSSR count). The first-order valence-corrected chi connectivity index (χ1v) is 9.78. The smallest absolute Gasteiger partial charge is 0.418 e. The van der Waals surface area contributed by atoms with Crippen LogP contribution in [0.2, 0.25) is 5.02 Å². The molecule has 0 saturated carbocycles. The van der Waals surface area contributed by atoms with E-state index in [4.69, 9.17) is 11.6 Å². The van der Waals surface area contributed by atoms with Crippen LogP contribution in [-0.4, -0.2) is 25.7 Å². The Morgan fingerprint density at radius 1 is 1.15 bits per heavy atom. The summed E-state index contributed by atoms with van der Waals surface area (Å²) >= 11 is 5.89. The number of nitrogens with one attached hydrogen (secondary N) is 1. The Morgan fingerprint density at radius 3 is 2.30 bits per heavy atom. The molecule has 146 valence electrons. The number of carboxylic acid groups (broad SMARTS) is 1. The van der Waals surface area contributed by atoms with Crippen LogP contribution in [0.5, 0.6) is 0 Å². The van der Waals surface area contributed by atoms with Gasteiger partial charge in [-0.25, -0.2) is 8.42 Å². The van der Waals surface area contributed by atoms with Gasteiger partial charge in [0, 0.05) is 17.0 Å². The molecule has 0 amide bonds. The van der Waals surface area contributed by atoms with Crippen LogP contribution in [0, 0.1) is 0 Å². The molecule has 0 fully saturated rings. The lowest BCUT2D eigenvalue weighted by Crippen LogP contribution is -2.13. The summed E-state index contributed by atoms with van der Waals surface area (Å²) in [5.74, 6) is -2.17. The van der Waals surface area contributed by atoms with Crippen LogP contribution >= 0.6 is 11.6 Å². The fourth-order valence-corrected chi connectivity index (χ4v) is 3.21. The van der Waals surface area contributed by atoms with Crippen molar-refractivity contribution in [3.05, 3.63) is 52.5 Å². The third kappa shape index (κ3) is 4.92. The number of aliphatic carboxylic acids is 1. The van der Waals surface area contributed by atoms with Crippen molar-refractivity contribution in [3.63, 3.8) is 0 Å². The Labute approximate surface area is 158 Å². The number of anilines is 2. The highest BCUT2D eigenvalue weighted by Crippen LogP contribution is 2.39. The minimum atomic E-state index is -4.83. The predicted molar refractivity (Wildman–Crippen MR) is 95.3 cm³/mol. The van der Waals surface area contributed by atoms with Crippen molar-refractivity contribution in [3.8, 4) is 0 Å². The van der Waals surface area contributed by atoms with Crippen molar-refractivity contribution in [1.29, 1.82) is 0 Å². The van der Waals surface area contributed by atoms with Crippen molar-refractivity contribution in [2.24, 2.45) is 0 Å². The fraction of sp³-hybridized carbons (Fsp3) is 0.235. The zero-order chi connectivity index (χ0) is 20.6. The number of halogens is 4. The van der Waals surface area contributed by atoms with E-state index >= 15 is 0 Å². The Bertz CT molecular complexity index is 990.